The van der Waals surface area contributed by atoms with Crippen LogP contribution in [0, 0.1) is 0 Å². The van der Waals surface area contributed by atoms with Crippen LogP contribution in [-0.2, 0) is 0 Å². The lowest BCUT2D eigenvalue weighted by molar-refractivity contribution is 1.07. The average Bonchev–Trinajstić information content (AvgIpc) is 3.54. The highest BCUT2D eigenvalue weighted by Gasteiger charge is 2.19. The number of hydrogen-bond acceptors (Lipinski definition) is 3. The highest BCUT2D eigenvalue weighted by Crippen LogP contribution is 2.41. The van der Waals surface area contributed by atoms with Crippen molar-refractivity contribution in [1.29, 1.82) is 0 Å². The Morgan fingerprint density at radius 2 is 0.843 bits per heavy atom. The zero-order valence-corrected chi connectivity index (χ0v) is 27.6. The number of nitrogens with zero attached hydrogens (tertiary/aromatic N) is 4. The molecular formula is C47H30N4. The molecular weight excluding hydrogens is 621 g/mol. The van der Waals surface area contributed by atoms with Crippen LogP contribution in [0.15, 0.2) is 182 Å². The molecule has 0 radical (unpaired) electrons. The molecule has 8 aromatic carbocycles. The lowest BCUT2D eigenvalue weighted by Crippen LogP contribution is -2.00. The van der Waals surface area contributed by atoms with Gasteiger partial charge in [-0.2, -0.15) is 0 Å². The fourth-order valence-corrected chi connectivity index (χ4v) is 7.38. The number of fused-ring (bicyclic) bond motifs is 6. The third-order valence-electron chi connectivity index (χ3n) is 9.82. The van der Waals surface area contributed by atoms with E-state index in [9.17, 15) is 0 Å². The highest BCUT2D eigenvalue weighted by molar-refractivity contribution is 6.23. The summed E-state index contributed by atoms with van der Waals surface area (Å²) in [5, 5.41) is 7.50. The van der Waals surface area contributed by atoms with E-state index >= 15 is 0 Å². The van der Waals surface area contributed by atoms with Gasteiger partial charge >= 0.3 is 0 Å². The third-order valence-corrected chi connectivity index (χ3v) is 9.82. The third kappa shape index (κ3) is 4.96. The quantitative estimate of drug-likeness (QED) is 0.186. The molecule has 4 heteroatoms. The normalized spacial score (nSPS) is 11.5. The Balaban J connectivity index is 1.14. The maximum atomic E-state index is 4.95. The van der Waals surface area contributed by atoms with Gasteiger partial charge in [-0.3, -0.25) is 0 Å². The van der Waals surface area contributed by atoms with Gasteiger partial charge in [0.25, 0.3) is 0 Å². The number of rotatable bonds is 5. The van der Waals surface area contributed by atoms with Crippen molar-refractivity contribution in [2.24, 2.45) is 0 Å². The van der Waals surface area contributed by atoms with Crippen LogP contribution in [0.2, 0.25) is 0 Å². The molecule has 238 valence electrons. The van der Waals surface area contributed by atoms with Gasteiger partial charge in [0.2, 0.25) is 0 Å². The summed E-state index contributed by atoms with van der Waals surface area (Å²) in [5.74, 6) is 1.95. The van der Waals surface area contributed by atoms with E-state index in [0.29, 0.717) is 17.5 Å². The van der Waals surface area contributed by atoms with E-state index < -0.39 is 0 Å². The topological polar surface area (TPSA) is 43.6 Å². The summed E-state index contributed by atoms with van der Waals surface area (Å²) >= 11 is 0. The van der Waals surface area contributed by atoms with Gasteiger partial charge in [0.1, 0.15) is 0 Å². The first-order valence-electron chi connectivity index (χ1n) is 17.2. The maximum Gasteiger partial charge on any atom is 0.164 e. The van der Waals surface area contributed by atoms with Crippen molar-refractivity contribution in [3.05, 3.63) is 182 Å². The molecule has 0 bridgehead atoms. The van der Waals surface area contributed by atoms with Crippen molar-refractivity contribution >= 4 is 43.4 Å². The van der Waals surface area contributed by atoms with Gasteiger partial charge < -0.3 is 4.57 Å². The van der Waals surface area contributed by atoms with Crippen LogP contribution in [0.4, 0.5) is 0 Å². The standard InChI is InChI=1S/C47H30N4/c1-3-14-33(15-4-1)45-48-46(34-16-5-2-6-17-34)50-47(49-45)35-25-23-32(24-26-35)38-20-11-12-22-41(38)51-42-28-27-31-13-9-10-21-39(31)44(42)40-29-36-18-7-8-19-37(36)30-43(40)51/h1-30H. The summed E-state index contributed by atoms with van der Waals surface area (Å²) in [6.45, 7) is 0. The molecule has 51 heavy (non-hydrogen) atoms. The largest absolute Gasteiger partial charge is 0.309 e. The lowest BCUT2D eigenvalue weighted by Gasteiger charge is -2.15. The van der Waals surface area contributed by atoms with Gasteiger partial charge in [-0.05, 0) is 51.4 Å². The zero-order valence-electron chi connectivity index (χ0n) is 27.6. The molecule has 0 amide bonds. The van der Waals surface area contributed by atoms with Crippen LogP contribution in [-0.4, -0.2) is 19.5 Å². The van der Waals surface area contributed by atoms with Gasteiger partial charge in [-0.25, -0.2) is 15.0 Å². The van der Waals surface area contributed by atoms with Crippen molar-refractivity contribution < 1.29 is 0 Å². The fourth-order valence-electron chi connectivity index (χ4n) is 7.38. The molecule has 0 unspecified atom stereocenters. The predicted molar refractivity (Wildman–Crippen MR) is 211 cm³/mol. The first kappa shape index (κ1) is 29.0. The van der Waals surface area contributed by atoms with Crippen LogP contribution >= 0.6 is 0 Å². The molecule has 0 aliphatic carbocycles. The Labute approximate surface area is 295 Å². The molecule has 2 aromatic heterocycles. The second-order valence-corrected chi connectivity index (χ2v) is 12.9. The summed E-state index contributed by atoms with van der Waals surface area (Å²) in [7, 11) is 0. The minimum absolute atomic E-state index is 0.642. The SMILES string of the molecule is c1ccc(-c2nc(-c3ccccc3)nc(-c3ccc(-c4ccccc4-n4c5cc6ccccc6cc5c5c6ccccc6ccc54)cc3)n2)cc1. The molecule has 4 nitrogen and oxygen atoms in total. The van der Waals surface area contributed by atoms with E-state index in [1.807, 2.05) is 60.7 Å². The van der Waals surface area contributed by atoms with Gasteiger partial charge in [0.15, 0.2) is 17.5 Å². The first-order chi connectivity index (χ1) is 25.3. The Hall–Kier alpha value is -6.91. The minimum Gasteiger partial charge on any atom is -0.309 e. The Morgan fingerprint density at radius 3 is 1.51 bits per heavy atom. The molecule has 0 aliphatic heterocycles. The lowest BCUT2D eigenvalue weighted by atomic mass is 10.0. The highest BCUT2D eigenvalue weighted by atomic mass is 15.0. The van der Waals surface area contributed by atoms with Gasteiger partial charge in [-0.1, -0.05) is 158 Å². The molecule has 0 aliphatic rings. The number of para-hydroxylation sites is 1. The van der Waals surface area contributed by atoms with E-state index in [2.05, 4.69) is 126 Å². The molecule has 0 saturated heterocycles. The predicted octanol–water partition coefficient (Wildman–Crippen LogP) is 11.9. The van der Waals surface area contributed by atoms with Gasteiger partial charge in [0, 0.05) is 33.0 Å². The summed E-state index contributed by atoms with van der Waals surface area (Å²) < 4.78 is 2.44. The molecule has 10 aromatic rings. The molecule has 0 fully saturated rings. The molecule has 0 N–H and O–H groups in total. The van der Waals surface area contributed by atoms with E-state index in [1.54, 1.807) is 0 Å². The van der Waals surface area contributed by atoms with Crippen LogP contribution in [0.5, 0.6) is 0 Å². The van der Waals surface area contributed by atoms with Crippen molar-refractivity contribution in [2.45, 2.75) is 0 Å². The van der Waals surface area contributed by atoms with Crippen molar-refractivity contribution in [3.63, 3.8) is 0 Å². The van der Waals surface area contributed by atoms with Gasteiger partial charge in [0.05, 0.1) is 16.7 Å². The second-order valence-electron chi connectivity index (χ2n) is 12.9. The van der Waals surface area contributed by atoms with Crippen molar-refractivity contribution in [2.75, 3.05) is 0 Å². The number of hydrogen-bond donors (Lipinski definition) is 0. The monoisotopic (exact) mass is 650 g/mol. The average molecular weight is 651 g/mol. The van der Waals surface area contributed by atoms with Crippen LogP contribution in [0.25, 0.3) is 94.3 Å². The Bertz CT molecular complexity index is 2830. The van der Waals surface area contributed by atoms with Crippen molar-refractivity contribution in [1.82, 2.24) is 19.5 Å². The Kier molecular flexibility index (Phi) is 6.78. The minimum atomic E-state index is 0.642. The molecule has 0 saturated carbocycles. The molecule has 0 atom stereocenters. The molecule has 0 spiro atoms. The van der Waals surface area contributed by atoms with Crippen LogP contribution < -0.4 is 0 Å². The molecule has 2 heterocycles. The van der Waals surface area contributed by atoms with Crippen LogP contribution in [0.1, 0.15) is 0 Å². The first-order valence-corrected chi connectivity index (χ1v) is 17.2. The second kappa shape index (κ2) is 11.9. The van der Waals surface area contributed by atoms with E-state index in [-0.39, 0.29) is 0 Å². The molecule has 10 rings (SSSR count). The summed E-state index contributed by atoms with van der Waals surface area (Å²) in [4.78, 5) is 14.8. The Morgan fingerprint density at radius 1 is 0.333 bits per heavy atom. The van der Waals surface area contributed by atoms with Crippen molar-refractivity contribution in [3.8, 4) is 51.0 Å². The van der Waals surface area contributed by atoms with E-state index in [4.69, 9.17) is 15.0 Å². The van der Waals surface area contributed by atoms with E-state index in [0.717, 1.165) is 33.5 Å². The van der Waals surface area contributed by atoms with Gasteiger partial charge in [-0.15, -0.1) is 0 Å². The zero-order chi connectivity index (χ0) is 33.7. The summed E-state index contributed by atoms with van der Waals surface area (Å²) in [6.07, 6.45) is 0. The van der Waals surface area contributed by atoms with Crippen LogP contribution in [0.3, 0.4) is 0 Å². The number of benzene rings is 8. The van der Waals surface area contributed by atoms with E-state index in [1.165, 1.54) is 43.4 Å². The fraction of sp³-hybridized carbons (Fsp3) is 0. The summed E-state index contributed by atoms with van der Waals surface area (Å²) in [5.41, 5.74) is 8.62. The maximum absolute atomic E-state index is 4.95. The summed E-state index contributed by atoms with van der Waals surface area (Å²) in [6, 6.07) is 64.1. The smallest absolute Gasteiger partial charge is 0.164 e. The number of aromatic nitrogens is 4.